The summed E-state index contributed by atoms with van der Waals surface area (Å²) in [5.74, 6) is 0.239. The number of hydrogen-bond acceptors (Lipinski definition) is 1. The number of nitrogens with one attached hydrogen (secondary N) is 1. The van der Waals surface area contributed by atoms with E-state index in [-0.39, 0.29) is 27.0 Å². The summed E-state index contributed by atoms with van der Waals surface area (Å²) in [4.78, 5) is 0. The molecule has 3 heteroatoms. The molecule has 0 fully saturated rings. The number of amidine groups is 1. The molecule has 1 rings (SSSR count). The molecule has 0 atom stereocenters. The van der Waals surface area contributed by atoms with Crippen molar-refractivity contribution in [2.75, 3.05) is 0 Å². The summed E-state index contributed by atoms with van der Waals surface area (Å²) < 4.78 is 3.12. The Hall–Kier alpha value is -0.320. The third-order valence-electron chi connectivity index (χ3n) is 0.753. The zero-order valence-corrected chi connectivity index (χ0v) is 6.34. The van der Waals surface area contributed by atoms with Gasteiger partial charge in [0.25, 0.3) is 0 Å². The van der Waals surface area contributed by atoms with Crippen molar-refractivity contribution < 1.29 is 21.2 Å². The van der Waals surface area contributed by atoms with Gasteiger partial charge < -0.3 is 0 Å². The maximum atomic E-state index is 6.99. The Kier molecular flexibility index (Phi) is 1.67. The van der Waals surface area contributed by atoms with Crippen LogP contribution < -0.4 is 26.9 Å². The first-order valence-electron chi connectivity index (χ1n) is 2.15. The molecule has 0 saturated carbocycles. The number of rotatable bonds is 1. The van der Waals surface area contributed by atoms with Crippen molar-refractivity contribution in [1.29, 1.82) is 5.41 Å². The number of halogens is 1. The van der Waals surface area contributed by atoms with Crippen LogP contribution in [-0.2, 0) is 0 Å². The van der Waals surface area contributed by atoms with E-state index in [1.807, 2.05) is 12.2 Å². The van der Waals surface area contributed by atoms with Gasteiger partial charge in [0, 0.05) is 0 Å². The van der Waals surface area contributed by atoms with Gasteiger partial charge in [0.2, 0.25) is 0 Å². The molecule has 44 valence electrons. The van der Waals surface area contributed by atoms with E-state index in [1.54, 1.807) is 0 Å². The van der Waals surface area contributed by atoms with E-state index >= 15 is 0 Å². The summed E-state index contributed by atoms with van der Waals surface area (Å²) in [5.41, 5.74) is 5.20. The van der Waals surface area contributed by atoms with Gasteiger partial charge in [-0.3, -0.25) is 0 Å². The van der Waals surface area contributed by atoms with Crippen molar-refractivity contribution in [1.82, 2.24) is 0 Å². The van der Waals surface area contributed by atoms with Crippen LogP contribution in [0.15, 0.2) is 19.8 Å². The van der Waals surface area contributed by atoms with Crippen LogP contribution in [0.25, 0.3) is 0 Å². The number of allylic oxidation sites excluding steroid dienone is 2. The van der Waals surface area contributed by atoms with Crippen LogP contribution in [0.4, 0.5) is 0 Å². The van der Waals surface area contributed by atoms with E-state index in [0.717, 1.165) is 3.58 Å². The van der Waals surface area contributed by atoms with Crippen molar-refractivity contribution in [3.63, 3.8) is 0 Å². The molecule has 0 aromatic heterocycles. The number of nitrogens with two attached hydrogens (primary N) is 1. The molecule has 0 aliphatic carbocycles. The number of hydrogen-bond donors (Lipinski definition) is 2. The average Bonchev–Trinajstić information content (AvgIpc) is 2.12. The Labute approximate surface area is 58.2 Å². The van der Waals surface area contributed by atoms with E-state index in [2.05, 4.69) is 4.08 Å². The molecule has 0 unspecified atom stereocenters. The summed E-state index contributed by atoms with van der Waals surface area (Å²) in [5, 5.41) is 6.99. The maximum absolute atomic E-state index is 6.99. The van der Waals surface area contributed by atoms with Gasteiger partial charge in [0.05, 0.1) is 0 Å². The van der Waals surface area contributed by atoms with Gasteiger partial charge in [0.1, 0.15) is 0 Å². The summed E-state index contributed by atoms with van der Waals surface area (Å²) in [6.45, 7) is 0. The first-order valence-corrected chi connectivity index (χ1v) is 4.48. The second-order valence-electron chi connectivity index (χ2n) is 1.36. The quantitative estimate of drug-likeness (QED) is 0.285. The van der Waals surface area contributed by atoms with E-state index in [4.69, 9.17) is 11.1 Å². The fraction of sp³-hybridized carbons (Fsp3) is 0. The minimum absolute atomic E-state index is 0.0330. The fourth-order valence-electron chi connectivity index (χ4n) is 0.410. The molecule has 8 heavy (non-hydrogen) atoms. The molecular formula is C5H6IN2-. The van der Waals surface area contributed by atoms with Crippen molar-refractivity contribution >= 4 is 5.84 Å². The summed E-state index contributed by atoms with van der Waals surface area (Å²) >= 11 is -0.0330. The third-order valence-corrected chi connectivity index (χ3v) is 3.14. The normalized spacial score (nSPS) is 17.2. The zero-order valence-electron chi connectivity index (χ0n) is 4.19. The van der Waals surface area contributed by atoms with Gasteiger partial charge in [-0.1, -0.05) is 0 Å². The van der Waals surface area contributed by atoms with Crippen LogP contribution in [-0.4, -0.2) is 5.84 Å². The van der Waals surface area contributed by atoms with Gasteiger partial charge in [-0.2, -0.15) is 0 Å². The van der Waals surface area contributed by atoms with Crippen molar-refractivity contribution in [3.8, 4) is 0 Å². The first kappa shape index (κ1) is 5.81. The molecule has 0 bridgehead atoms. The van der Waals surface area contributed by atoms with Crippen LogP contribution in [0.1, 0.15) is 0 Å². The van der Waals surface area contributed by atoms with Crippen LogP contribution in [0.2, 0.25) is 0 Å². The third kappa shape index (κ3) is 1.09. The zero-order chi connectivity index (χ0) is 5.98. The molecule has 0 amide bonds. The van der Waals surface area contributed by atoms with Crippen molar-refractivity contribution in [3.05, 3.63) is 19.8 Å². The molecule has 1 aliphatic heterocycles. The standard InChI is InChI=1S/C5H6IN2/c7-5(8)4-2-1-3-6-4/h1-3H,(H3,7,8)/q-1. The molecule has 3 N–H and O–H groups in total. The summed E-state index contributed by atoms with van der Waals surface area (Å²) in [6.07, 6.45) is 3.87. The average molecular weight is 221 g/mol. The van der Waals surface area contributed by atoms with Crippen molar-refractivity contribution in [2.24, 2.45) is 5.73 Å². The first-order chi connectivity index (χ1) is 3.80. The monoisotopic (exact) mass is 221 g/mol. The van der Waals surface area contributed by atoms with E-state index < -0.39 is 0 Å². The van der Waals surface area contributed by atoms with Gasteiger partial charge in [-0.05, 0) is 0 Å². The minimum atomic E-state index is -0.0330. The van der Waals surface area contributed by atoms with Crippen LogP contribution in [0.3, 0.4) is 0 Å². The Bertz CT molecular complexity index is 169. The van der Waals surface area contributed by atoms with Gasteiger partial charge in [-0.15, -0.1) is 0 Å². The molecule has 0 aromatic rings. The predicted molar refractivity (Wildman–Crippen MR) is 29.1 cm³/mol. The molecular weight excluding hydrogens is 215 g/mol. The Morgan fingerprint density at radius 1 is 1.75 bits per heavy atom. The Morgan fingerprint density at radius 2 is 2.50 bits per heavy atom. The second kappa shape index (κ2) is 2.30. The van der Waals surface area contributed by atoms with E-state index in [0.29, 0.717) is 0 Å². The predicted octanol–water partition coefficient (Wildman–Crippen LogP) is -2.58. The summed E-state index contributed by atoms with van der Waals surface area (Å²) in [7, 11) is 0. The molecule has 2 nitrogen and oxygen atoms in total. The van der Waals surface area contributed by atoms with Gasteiger partial charge >= 0.3 is 58.0 Å². The topological polar surface area (TPSA) is 49.9 Å². The Morgan fingerprint density at radius 3 is 2.75 bits per heavy atom. The molecule has 0 spiro atoms. The van der Waals surface area contributed by atoms with E-state index in [1.165, 1.54) is 0 Å². The van der Waals surface area contributed by atoms with E-state index in [9.17, 15) is 0 Å². The van der Waals surface area contributed by atoms with Crippen LogP contribution in [0.5, 0.6) is 0 Å². The molecule has 0 saturated heterocycles. The summed E-state index contributed by atoms with van der Waals surface area (Å²) in [6, 6.07) is 0. The Balaban J connectivity index is 2.64. The second-order valence-corrected chi connectivity index (χ2v) is 3.86. The molecule has 0 radical (unpaired) electrons. The van der Waals surface area contributed by atoms with Crippen molar-refractivity contribution in [2.45, 2.75) is 0 Å². The molecule has 1 aliphatic rings. The van der Waals surface area contributed by atoms with Gasteiger partial charge in [-0.25, -0.2) is 0 Å². The SMILES string of the molecule is N=C(N)C1=CC=C[I-]1. The fourth-order valence-corrected chi connectivity index (χ4v) is 1.96. The molecule has 1 heterocycles. The van der Waals surface area contributed by atoms with Gasteiger partial charge in [0.15, 0.2) is 0 Å². The van der Waals surface area contributed by atoms with Crippen LogP contribution in [0, 0.1) is 5.41 Å². The molecule has 0 aromatic carbocycles. The van der Waals surface area contributed by atoms with Crippen LogP contribution >= 0.6 is 0 Å².